The first kappa shape index (κ1) is 17.0. The average Bonchev–Trinajstić information content (AvgIpc) is 2.61. The lowest BCUT2D eigenvalue weighted by molar-refractivity contribution is -0.116. The van der Waals surface area contributed by atoms with Gasteiger partial charge in [-0.15, -0.1) is 0 Å². The molecule has 1 amide bonds. The summed E-state index contributed by atoms with van der Waals surface area (Å²) in [6.07, 6.45) is 3.21. The van der Waals surface area contributed by atoms with Crippen LogP contribution < -0.4 is 15.8 Å². The van der Waals surface area contributed by atoms with E-state index in [4.69, 9.17) is 11.6 Å². The SMILES string of the molecule is O=C1CC(c2ccc(Cl)cc2F)c2c(nc(N3CCCCC3)[nH]c2=O)N1. The van der Waals surface area contributed by atoms with Crippen LogP contribution in [0.25, 0.3) is 0 Å². The Bertz CT molecular complexity index is 924. The molecule has 136 valence electrons. The van der Waals surface area contributed by atoms with Gasteiger partial charge in [0.15, 0.2) is 0 Å². The molecule has 1 fully saturated rings. The highest BCUT2D eigenvalue weighted by Crippen LogP contribution is 2.36. The molecule has 4 rings (SSSR count). The van der Waals surface area contributed by atoms with Crippen molar-refractivity contribution in [2.45, 2.75) is 31.6 Å². The summed E-state index contributed by atoms with van der Waals surface area (Å²) in [7, 11) is 0. The standard InChI is InChI=1S/C18H18ClFN4O2/c19-10-4-5-11(13(20)8-10)12-9-14(25)21-16-15(12)17(26)23-18(22-16)24-6-2-1-3-7-24/h4-5,8,12H,1-3,6-7,9H2,(H2,21,22,23,25,26). The Morgan fingerprint density at radius 1 is 1.19 bits per heavy atom. The van der Waals surface area contributed by atoms with Gasteiger partial charge in [0.25, 0.3) is 5.56 Å². The van der Waals surface area contributed by atoms with Crippen LogP contribution in [0.2, 0.25) is 5.02 Å². The molecule has 0 bridgehead atoms. The van der Waals surface area contributed by atoms with Gasteiger partial charge >= 0.3 is 0 Å². The molecule has 0 radical (unpaired) electrons. The first-order valence-corrected chi connectivity index (χ1v) is 9.04. The molecule has 2 aromatic rings. The van der Waals surface area contributed by atoms with Crippen LogP contribution >= 0.6 is 11.6 Å². The van der Waals surface area contributed by atoms with Gasteiger partial charge in [0.2, 0.25) is 11.9 Å². The van der Waals surface area contributed by atoms with Crippen molar-refractivity contribution in [1.82, 2.24) is 9.97 Å². The third-order valence-corrected chi connectivity index (χ3v) is 5.17. The maximum absolute atomic E-state index is 14.4. The van der Waals surface area contributed by atoms with Crippen LogP contribution in [0.4, 0.5) is 16.2 Å². The number of anilines is 2. The number of H-pyrrole nitrogens is 1. The molecule has 2 aliphatic rings. The summed E-state index contributed by atoms with van der Waals surface area (Å²) < 4.78 is 14.4. The van der Waals surface area contributed by atoms with E-state index >= 15 is 0 Å². The van der Waals surface area contributed by atoms with Crippen molar-refractivity contribution in [3.8, 4) is 0 Å². The molecule has 3 heterocycles. The van der Waals surface area contributed by atoms with E-state index in [2.05, 4.69) is 15.3 Å². The molecule has 26 heavy (non-hydrogen) atoms. The molecule has 0 aliphatic carbocycles. The normalized spacial score (nSPS) is 19.8. The molecule has 1 atom stereocenters. The number of aromatic nitrogens is 2. The highest BCUT2D eigenvalue weighted by molar-refractivity contribution is 6.30. The summed E-state index contributed by atoms with van der Waals surface area (Å²) in [6, 6.07) is 4.26. The van der Waals surface area contributed by atoms with E-state index in [9.17, 15) is 14.0 Å². The van der Waals surface area contributed by atoms with E-state index in [1.165, 1.54) is 12.1 Å². The van der Waals surface area contributed by atoms with Crippen molar-refractivity contribution >= 4 is 29.3 Å². The highest BCUT2D eigenvalue weighted by Gasteiger charge is 2.33. The second-order valence-corrected chi connectivity index (χ2v) is 7.11. The van der Waals surface area contributed by atoms with Crippen LogP contribution in [0.1, 0.15) is 42.7 Å². The second-order valence-electron chi connectivity index (χ2n) is 6.67. The van der Waals surface area contributed by atoms with Gasteiger partial charge in [0.1, 0.15) is 11.6 Å². The lowest BCUT2D eigenvalue weighted by Crippen LogP contribution is -2.36. The molecule has 1 unspecified atom stereocenters. The summed E-state index contributed by atoms with van der Waals surface area (Å²) >= 11 is 5.82. The van der Waals surface area contributed by atoms with Crippen molar-refractivity contribution < 1.29 is 9.18 Å². The van der Waals surface area contributed by atoms with E-state index in [1.807, 2.05) is 4.90 Å². The first-order chi connectivity index (χ1) is 12.5. The smallest absolute Gasteiger partial charge is 0.258 e. The Labute approximate surface area is 154 Å². The minimum atomic E-state index is -0.692. The zero-order valence-electron chi connectivity index (χ0n) is 14.0. The van der Waals surface area contributed by atoms with Gasteiger partial charge in [-0.2, -0.15) is 4.98 Å². The zero-order chi connectivity index (χ0) is 18.3. The van der Waals surface area contributed by atoms with Crippen molar-refractivity contribution in [2.24, 2.45) is 0 Å². The lowest BCUT2D eigenvalue weighted by Gasteiger charge is -2.29. The summed E-state index contributed by atoms with van der Waals surface area (Å²) in [5.41, 5.74) is 0.199. The number of hydrogen-bond donors (Lipinski definition) is 2. The fourth-order valence-electron chi connectivity index (χ4n) is 3.66. The topological polar surface area (TPSA) is 78.1 Å². The van der Waals surface area contributed by atoms with Crippen LogP contribution in [-0.2, 0) is 4.79 Å². The summed E-state index contributed by atoms with van der Waals surface area (Å²) in [4.78, 5) is 34.2. The van der Waals surface area contributed by atoms with Gasteiger partial charge in [-0.3, -0.25) is 14.6 Å². The zero-order valence-corrected chi connectivity index (χ0v) is 14.8. The maximum Gasteiger partial charge on any atom is 0.258 e. The number of amides is 1. The number of carbonyl (C=O) groups is 1. The number of hydrogen-bond acceptors (Lipinski definition) is 4. The molecule has 2 aliphatic heterocycles. The quantitative estimate of drug-likeness (QED) is 0.844. The summed E-state index contributed by atoms with van der Waals surface area (Å²) in [5, 5.41) is 2.93. The molecular formula is C18H18ClFN4O2. The predicted octanol–water partition coefficient (Wildman–Crippen LogP) is 3.03. The van der Waals surface area contributed by atoms with Crippen molar-refractivity contribution in [1.29, 1.82) is 0 Å². The molecular weight excluding hydrogens is 359 g/mol. The Morgan fingerprint density at radius 2 is 1.96 bits per heavy atom. The van der Waals surface area contributed by atoms with E-state index in [1.54, 1.807) is 6.07 Å². The van der Waals surface area contributed by atoms with Crippen LogP contribution in [0, 0.1) is 5.82 Å². The van der Waals surface area contributed by atoms with Gasteiger partial charge in [-0.05, 0) is 37.0 Å². The largest absolute Gasteiger partial charge is 0.342 e. The number of benzene rings is 1. The molecule has 1 aromatic heterocycles. The third kappa shape index (κ3) is 3.07. The Kier molecular flexibility index (Phi) is 4.40. The molecule has 0 saturated carbocycles. The number of nitrogens with zero attached hydrogens (tertiary/aromatic N) is 2. The summed E-state index contributed by atoms with van der Waals surface area (Å²) in [6.45, 7) is 1.62. The van der Waals surface area contributed by atoms with E-state index in [-0.39, 0.29) is 39.9 Å². The van der Waals surface area contributed by atoms with Crippen molar-refractivity contribution in [3.05, 3.63) is 50.5 Å². The summed E-state index contributed by atoms with van der Waals surface area (Å²) in [5.74, 6) is -0.860. The number of carbonyl (C=O) groups excluding carboxylic acids is 1. The number of rotatable bonds is 2. The lowest BCUT2D eigenvalue weighted by atomic mass is 9.86. The van der Waals surface area contributed by atoms with E-state index < -0.39 is 11.7 Å². The Morgan fingerprint density at radius 3 is 2.69 bits per heavy atom. The van der Waals surface area contributed by atoms with Crippen LogP contribution in [0.3, 0.4) is 0 Å². The number of nitrogens with one attached hydrogen (secondary N) is 2. The van der Waals surface area contributed by atoms with E-state index in [0.29, 0.717) is 5.95 Å². The third-order valence-electron chi connectivity index (χ3n) is 4.93. The Balaban J connectivity index is 1.80. The molecule has 2 N–H and O–H groups in total. The van der Waals surface area contributed by atoms with Crippen molar-refractivity contribution in [3.63, 3.8) is 0 Å². The molecule has 1 aromatic carbocycles. The monoisotopic (exact) mass is 376 g/mol. The number of aromatic amines is 1. The molecule has 8 heteroatoms. The second kappa shape index (κ2) is 6.72. The Hall–Kier alpha value is -2.41. The van der Waals surface area contributed by atoms with Gasteiger partial charge in [-0.1, -0.05) is 17.7 Å². The van der Waals surface area contributed by atoms with Gasteiger partial charge in [0.05, 0.1) is 5.56 Å². The van der Waals surface area contributed by atoms with Crippen molar-refractivity contribution in [2.75, 3.05) is 23.3 Å². The molecule has 6 nitrogen and oxygen atoms in total. The maximum atomic E-state index is 14.4. The number of piperidine rings is 1. The molecule has 0 spiro atoms. The minimum Gasteiger partial charge on any atom is -0.342 e. The molecule has 1 saturated heterocycles. The fraction of sp³-hybridized carbons (Fsp3) is 0.389. The van der Waals surface area contributed by atoms with Gasteiger partial charge in [-0.25, -0.2) is 4.39 Å². The van der Waals surface area contributed by atoms with Gasteiger partial charge in [0, 0.05) is 30.5 Å². The van der Waals surface area contributed by atoms with E-state index in [0.717, 1.165) is 32.4 Å². The average molecular weight is 377 g/mol. The number of fused-ring (bicyclic) bond motifs is 1. The fourth-order valence-corrected chi connectivity index (χ4v) is 3.82. The van der Waals surface area contributed by atoms with Gasteiger partial charge < -0.3 is 10.2 Å². The predicted molar refractivity (Wildman–Crippen MR) is 97.4 cm³/mol. The minimum absolute atomic E-state index is 0.0145. The van der Waals surface area contributed by atoms with Crippen LogP contribution in [0.15, 0.2) is 23.0 Å². The highest BCUT2D eigenvalue weighted by atomic mass is 35.5. The number of halogens is 2. The van der Waals surface area contributed by atoms with Crippen LogP contribution in [-0.4, -0.2) is 29.0 Å². The first-order valence-electron chi connectivity index (χ1n) is 8.67. The van der Waals surface area contributed by atoms with Crippen LogP contribution in [0.5, 0.6) is 0 Å².